The minimum absolute atomic E-state index is 0.197. The number of benzene rings is 1. The molecule has 6 heteroatoms. The molecule has 23 heavy (non-hydrogen) atoms. The normalized spacial score (nSPS) is 25.1. The van der Waals surface area contributed by atoms with E-state index in [-0.39, 0.29) is 11.3 Å². The Bertz CT molecular complexity index is 666. The second-order valence-corrected chi connectivity index (χ2v) is 8.95. The van der Waals surface area contributed by atoms with Gasteiger partial charge < -0.3 is 10.6 Å². The molecule has 5 nitrogen and oxygen atoms in total. The molecule has 1 saturated heterocycles. The van der Waals surface area contributed by atoms with E-state index in [0.717, 1.165) is 18.9 Å². The molecule has 0 bridgehead atoms. The van der Waals surface area contributed by atoms with E-state index >= 15 is 0 Å². The van der Waals surface area contributed by atoms with Crippen LogP contribution in [0.2, 0.25) is 0 Å². The summed E-state index contributed by atoms with van der Waals surface area (Å²) in [6, 6.07) is 10.6. The molecule has 0 radical (unpaired) electrons. The standard InChI is InChI=1S/C17H25N3O2S/c1-18-16(19-11-14-7-10-23(21,22)12-14)20-13-17(8-9-17)15-5-3-2-4-6-15/h2-6,14H,7-13H2,1H3,(H2,18,19,20). The molecule has 1 aliphatic heterocycles. The van der Waals surface area contributed by atoms with Crippen molar-refractivity contribution < 1.29 is 8.42 Å². The SMILES string of the molecule is CN=C(NCC1CCS(=O)(=O)C1)NCC1(c2ccccc2)CC1. The maximum absolute atomic E-state index is 11.5. The fourth-order valence-electron chi connectivity index (χ4n) is 3.26. The number of nitrogens with zero attached hydrogens (tertiary/aromatic N) is 1. The van der Waals surface area contributed by atoms with E-state index in [0.29, 0.717) is 18.1 Å². The van der Waals surface area contributed by atoms with Crippen LogP contribution in [0.3, 0.4) is 0 Å². The third-order valence-corrected chi connectivity index (χ3v) is 6.78. The van der Waals surface area contributed by atoms with Gasteiger partial charge in [0.1, 0.15) is 0 Å². The van der Waals surface area contributed by atoms with Gasteiger partial charge in [0, 0.05) is 25.6 Å². The molecule has 1 atom stereocenters. The zero-order valence-corrected chi connectivity index (χ0v) is 14.4. The van der Waals surface area contributed by atoms with Crippen LogP contribution in [0.4, 0.5) is 0 Å². The number of hydrogen-bond acceptors (Lipinski definition) is 3. The Morgan fingerprint density at radius 1 is 1.26 bits per heavy atom. The first-order valence-electron chi connectivity index (χ1n) is 8.23. The minimum atomic E-state index is -2.81. The Balaban J connectivity index is 1.49. The molecule has 3 rings (SSSR count). The molecule has 0 amide bonds. The van der Waals surface area contributed by atoms with Gasteiger partial charge in [0.2, 0.25) is 0 Å². The molecular formula is C17H25N3O2S. The van der Waals surface area contributed by atoms with Crippen molar-refractivity contribution in [3.63, 3.8) is 0 Å². The number of guanidine groups is 1. The van der Waals surface area contributed by atoms with Crippen LogP contribution in [-0.2, 0) is 15.3 Å². The van der Waals surface area contributed by atoms with Crippen molar-refractivity contribution in [1.82, 2.24) is 10.6 Å². The van der Waals surface area contributed by atoms with Crippen LogP contribution < -0.4 is 10.6 Å². The molecule has 1 aromatic rings. The predicted octanol–water partition coefficient (Wildman–Crippen LogP) is 1.32. The average Bonchev–Trinajstić information content (AvgIpc) is 3.27. The lowest BCUT2D eigenvalue weighted by Crippen LogP contribution is -2.43. The van der Waals surface area contributed by atoms with Crippen molar-refractivity contribution in [1.29, 1.82) is 0 Å². The van der Waals surface area contributed by atoms with Crippen molar-refractivity contribution in [3.8, 4) is 0 Å². The van der Waals surface area contributed by atoms with Gasteiger partial charge in [-0.3, -0.25) is 4.99 Å². The lowest BCUT2D eigenvalue weighted by molar-refractivity contribution is 0.562. The highest BCUT2D eigenvalue weighted by molar-refractivity contribution is 7.91. The summed E-state index contributed by atoms with van der Waals surface area (Å²) in [5.41, 5.74) is 1.61. The molecule has 2 fully saturated rings. The van der Waals surface area contributed by atoms with Crippen LogP contribution in [-0.4, -0.2) is 46.0 Å². The molecule has 0 aromatic heterocycles. The summed E-state index contributed by atoms with van der Waals surface area (Å²) in [5, 5.41) is 6.68. The second-order valence-electron chi connectivity index (χ2n) is 6.72. The molecule has 0 spiro atoms. The first-order valence-corrected chi connectivity index (χ1v) is 10.1. The monoisotopic (exact) mass is 335 g/mol. The van der Waals surface area contributed by atoms with Crippen LogP contribution in [0.1, 0.15) is 24.8 Å². The van der Waals surface area contributed by atoms with E-state index in [1.54, 1.807) is 7.05 Å². The Morgan fingerprint density at radius 3 is 2.57 bits per heavy atom. The number of hydrogen-bond donors (Lipinski definition) is 2. The summed E-state index contributed by atoms with van der Waals surface area (Å²) >= 11 is 0. The molecule has 1 heterocycles. The van der Waals surface area contributed by atoms with E-state index in [1.807, 2.05) is 6.07 Å². The van der Waals surface area contributed by atoms with E-state index in [9.17, 15) is 8.42 Å². The second kappa shape index (κ2) is 6.51. The number of nitrogens with one attached hydrogen (secondary N) is 2. The molecule has 1 saturated carbocycles. The van der Waals surface area contributed by atoms with E-state index in [1.165, 1.54) is 18.4 Å². The average molecular weight is 335 g/mol. The molecule has 1 aromatic carbocycles. The van der Waals surface area contributed by atoms with Crippen LogP contribution in [0.25, 0.3) is 0 Å². The van der Waals surface area contributed by atoms with E-state index in [4.69, 9.17) is 0 Å². The quantitative estimate of drug-likeness (QED) is 0.629. The Morgan fingerprint density at radius 2 is 2.00 bits per heavy atom. The maximum Gasteiger partial charge on any atom is 0.191 e. The zero-order valence-electron chi connectivity index (χ0n) is 13.6. The molecule has 1 unspecified atom stereocenters. The highest BCUT2D eigenvalue weighted by Crippen LogP contribution is 2.47. The van der Waals surface area contributed by atoms with Crippen LogP contribution in [0, 0.1) is 5.92 Å². The highest BCUT2D eigenvalue weighted by Gasteiger charge is 2.44. The summed E-state index contributed by atoms with van der Waals surface area (Å²) in [4.78, 5) is 4.25. The summed E-state index contributed by atoms with van der Waals surface area (Å²) in [5.74, 6) is 1.58. The summed E-state index contributed by atoms with van der Waals surface area (Å²) in [7, 11) is -1.06. The van der Waals surface area contributed by atoms with E-state index in [2.05, 4.69) is 39.9 Å². The molecular weight excluding hydrogens is 310 g/mol. The van der Waals surface area contributed by atoms with Gasteiger partial charge in [0.05, 0.1) is 11.5 Å². The summed E-state index contributed by atoms with van der Waals surface area (Å²) < 4.78 is 23.0. The maximum atomic E-state index is 11.5. The van der Waals surface area contributed by atoms with Gasteiger partial charge in [-0.1, -0.05) is 30.3 Å². The summed E-state index contributed by atoms with van der Waals surface area (Å²) in [6.45, 7) is 1.52. The molecule has 2 aliphatic rings. The third-order valence-electron chi connectivity index (χ3n) is 4.94. The topological polar surface area (TPSA) is 70.6 Å². The van der Waals surface area contributed by atoms with Crippen LogP contribution >= 0.6 is 0 Å². The van der Waals surface area contributed by atoms with Gasteiger partial charge in [0.15, 0.2) is 15.8 Å². The Hall–Kier alpha value is -1.56. The van der Waals surface area contributed by atoms with Crippen molar-refractivity contribution in [3.05, 3.63) is 35.9 Å². The highest BCUT2D eigenvalue weighted by atomic mass is 32.2. The van der Waals surface area contributed by atoms with Crippen molar-refractivity contribution >= 4 is 15.8 Å². The van der Waals surface area contributed by atoms with Gasteiger partial charge in [-0.2, -0.15) is 0 Å². The molecule has 1 aliphatic carbocycles. The van der Waals surface area contributed by atoms with E-state index < -0.39 is 9.84 Å². The number of aliphatic imine (C=N–C) groups is 1. The lowest BCUT2D eigenvalue weighted by Gasteiger charge is -2.20. The van der Waals surface area contributed by atoms with Gasteiger partial charge >= 0.3 is 0 Å². The fraction of sp³-hybridized carbons (Fsp3) is 0.588. The molecule has 2 N–H and O–H groups in total. The van der Waals surface area contributed by atoms with Gasteiger partial charge in [-0.05, 0) is 30.7 Å². The van der Waals surface area contributed by atoms with Crippen LogP contribution in [0.5, 0.6) is 0 Å². The van der Waals surface area contributed by atoms with Gasteiger partial charge in [-0.25, -0.2) is 8.42 Å². The zero-order chi connectivity index (χ0) is 16.3. The van der Waals surface area contributed by atoms with Crippen LogP contribution in [0.15, 0.2) is 35.3 Å². The Kier molecular flexibility index (Phi) is 4.62. The predicted molar refractivity (Wildman–Crippen MR) is 93.5 cm³/mol. The fourth-order valence-corrected chi connectivity index (χ4v) is 5.12. The van der Waals surface area contributed by atoms with Gasteiger partial charge in [-0.15, -0.1) is 0 Å². The molecule has 126 valence electrons. The first-order chi connectivity index (χ1) is 11.0. The largest absolute Gasteiger partial charge is 0.356 e. The first kappa shape index (κ1) is 16.3. The van der Waals surface area contributed by atoms with Crippen molar-refractivity contribution in [2.45, 2.75) is 24.7 Å². The minimum Gasteiger partial charge on any atom is -0.356 e. The smallest absolute Gasteiger partial charge is 0.191 e. The lowest BCUT2D eigenvalue weighted by atomic mass is 9.96. The third kappa shape index (κ3) is 4.05. The number of sulfone groups is 1. The van der Waals surface area contributed by atoms with Crippen molar-refractivity contribution in [2.75, 3.05) is 31.6 Å². The number of rotatable bonds is 5. The van der Waals surface area contributed by atoms with Gasteiger partial charge in [0.25, 0.3) is 0 Å². The van der Waals surface area contributed by atoms with Crippen molar-refractivity contribution in [2.24, 2.45) is 10.9 Å². The Labute approximate surface area is 138 Å². The summed E-state index contributed by atoms with van der Waals surface area (Å²) in [6.07, 6.45) is 3.14.